The summed E-state index contributed by atoms with van der Waals surface area (Å²) in [7, 11) is 0. The summed E-state index contributed by atoms with van der Waals surface area (Å²) in [4.78, 5) is 2.36. The molecule has 1 aliphatic rings. The Morgan fingerprint density at radius 3 is 2.69 bits per heavy atom. The van der Waals surface area contributed by atoms with Gasteiger partial charge in [0.2, 0.25) is 0 Å². The number of benzene rings is 1. The molecule has 1 aromatic carbocycles. The molecule has 2 N–H and O–H groups in total. The lowest BCUT2D eigenvalue weighted by Gasteiger charge is -2.24. The second kappa shape index (κ2) is 4.05. The number of hydrogen-bond donors (Lipinski definition) is 1. The Balaban J connectivity index is 2.29. The molecule has 16 heavy (non-hydrogen) atoms. The molecule has 1 heterocycles. The molecular formula is C13H17N3. The average Bonchev–Trinajstić information content (AvgIpc) is 2.58. The van der Waals surface area contributed by atoms with E-state index < -0.39 is 0 Å². The minimum absolute atomic E-state index is 0.558. The molecule has 0 amide bonds. The van der Waals surface area contributed by atoms with Crippen LogP contribution in [0.4, 0.5) is 11.4 Å². The first-order valence-electron chi connectivity index (χ1n) is 5.68. The van der Waals surface area contributed by atoms with Gasteiger partial charge in [-0.05, 0) is 37.5 Å². The lowest BCUT2D eigenvalue weighted by atomic mass is 10.1. The zero-order valence-electron chi connectivity index (χ0n) is 9.77. The maximum atomic E-state index is 8.83. The number of anilines is 2. The van der Waals surface area contributed by atoms with Gasteiger partial charge in [0.05, 0.1) is 11.3 Å². The Kier molecular flexibility index (Phi) is 2.74. The highest BCUT2D eigenvalue weighted by Crippen LogP contribution is 2.30. The molecule has 0 bridgehead atoms. The molecule has 0 aromatic heterocycles. The van der Waals surface area contributed by atoms with Gasteiger partial charge in [-0.15, -0.1) is 0 Å². The third-order valence-electron chi connectivity index (χ3n) is 3.27. The third kappa shape index (κ3) is 1.83. The van der Waals surface area contributed by atoms with E-state index >= 15 is 0 Å². The summed E-state index contributed by atoms with van der Waals surface area (Å²) in [5.74, 6) is 0.729. The lowest BCUT2D eigenvalue weighted by molar-refractivity contribution is 0.625. The van der Waals surface area contributed by atoms with E-state index in [9.17, 15) is 0 Å². The molecule has 0 spiro atoms. The Bertz CT molecular complexity index is 433. The summed E-state index contributed by atoms with van der Waals surface area (Å²) in [5.41, 5.74) is 8.10. The third-order valence-corrected chi connectivity index (χ3v) is 3.27. The van der Waals surface area contributed by atoms with Crippen molar-refractivity contribution >= 4 is 11.4 Å². The van der Waals surface area contributed by atoms with E-state index in [1.54, 1.807) is 6.07 Å². The SMILES string of the molecule is CC1CC(C)N(c2ccc(C#N)c(N)c2)C1. The molecule has 2 unspecified atom stereocenters. The van der Waals surface area contributed by atoms with Gasteiger partial charge in [-0.1, -0.05) is 6.92 Å². The van der Waals surface area contributed by atoms with Crippen molar-refractivity contribution in [1.29, 1.82) is 5.26 Å². The van der Waals surface area contributed by atoms with Crippen LogP contribution in [0, 0.1) is 17.2 Å². The van der Waals surface area contributed by atoms with E-state index in [0.717, 1.165) is 18.2 Å². The highest BCUT2D eigenvalue weighted by molar-refractivity contribution is 5.64. The number of nitriles is 1. The first-order chi connectivity index (χ1) is 7.61. The van der Waals surface area contributed by atoms with Crippen LogP contribution in [-0.2, 0) is 0 Å². The van der Waals surface area contributed by atoms with Crippen molar-refractivity contribution in [3.8, 4) is 6.07 Å². The quantitative estimate of drug-likeness (QED) is 0.732. The minimum atomic E-state index is 0.558. The molecule has 2 atom stereocenters. The summed E-state index contributed by atoms with van der Waals surface area (Å²) in [6, 6.07) is 8.35. The number of hydrogen-bond acceptors (Lipinski definition) is 3. The number of nitrogen functional groups attached to an aromatic ring is 1. The van der Waals surface area contributed by atoms with Crippen molar-refractivity contribution < 1.29 is 0 Å². The van der Waals surface area contributed by atoms with Crippen LogP contribution in [0.2, 0.25) is 0 Å². The standard InChI is InChI=1S/C13H17N3/c1-9-5-10(2)16(8-9)12-4-3-11(7-14)13(15)6-12/h3-4,6,9-10H,5,8,15H2,1-2H3. The van der Waals surface area contributed by atoms with Crippen molar-refractivity contribution in [1.82, 2.24) is 0 Å². The Hall–Kier alpha value is -1.69. The van der Waals surface area contributed by atoms with E-state index in [1.807, 2.05) is 12.1 Å². The predicted octanol–water partition coefficient (Wildman–Crippen LogP) is 2.38. The van der Waals surface area contributed by atoms with Gasteiger partial charge in [-0.3, -0.25) is 0 Å². The second-order valence-corrected chi connectivity index (χ2v) is 4.73. The van der Waals surface area contributed by atoms with Crippen LogP contribution >= 0.6 is 0 Å². The monoisotopic (exact) mass is 215 g/mol. The predicted molar refractivity (Wildman–Crippen MR) is 66.2 cm³/mol. The number of rotatable bonds is 1. The van der Waals surface area contributed by atoms with Crippen LogP contribution in [0.15, 0.2) is 18.2 Å². The number of nitrogens with two attached hydrogens (primary N) is 1. The van der Waals surface area contributed by atoms with Crippen LogP contribution < -0.4 is 10.6 Å². The van der Waals surface area contributed by atoms with Crippen molar-refractivity contribution in [2.24, 2.45) is 5.92 Å². The highest BCUT2D eigenvalue weighted by Gasteiger charge is 2.26. The average molecular weight is 215 g/mol. The zero-order valence-corrected chi connectivity index (χ0v) is 9.77. The fourth-order valence-electron chi connectivity index (χ4n) is 2.49. The Labute approximate surface area is 96.5 Å². The largest absolute Gasteiger partial charge is 0.398 e. The van der Waals surface area contributed by atoms with Crippen molar-refractivity contribution in [3.63, 3.8) is 0 Å². The van der Waals surface area contributed by atoms with Gasteiger partial charge in [0.25, 0.3) is 0 Å². The maximum Gasteiger partial charge on any atom is 0.101 e. The molecule has 1 aliphatic heterocycles. The van der Waals surface area contributed by atoms with E-state index in [1.165, 1.54) is 6.42 Å². The molecule has 0 aliphatic carbocycles. The lowest BCUT2D eigenvalue weighted by Crippen LogP contribution is -2.26. The van der Waals surface area contributed by atoms with Gasteiger partial charge in [0, 0.05) is 18.3 Å². The van der Waals surface area contributed by atoms with Crippen molar-refractivity contribution in [3.05, 3.63) is 23.8 Å². The van der Waals surface area contributed by atoms with Gasteiger partial charge in [0.15, 0.2) is 0 Å². The summed E-state index contributed by atoms with van der Waals surface area (Å²) < 4.78 is 0. The summed E-state index contributed by atoms with van der Waals surface area (Å²) >= 11 is 0. The molecule has 1 fully saturated rings. The van der Waals surface area contributed by atoms with Gasteiger partial charge in [-0.25, -0.2) is 0 Å². The van der Waals surface area contributed by atoms with Crippen molar-refractivity contribution in [2.45, 2.75) is 26.3 Å². The molecule has 2 rings (SSSR count). The van der Waals surface area contributed by atoms with E-state index in [-0.39, 0.29) is 0 Å². The van der Waals surface area contributed by atoms with Crippen LogP contribution in [0.3, 0.4) is 0 Å². The molecule has 1 aromatic rings. The van der Waals surface area contributed by atoms with E-state index in [2.05, 4.69) is 24.8 Å². The van der Waals surface area contributed by atoms with Crippen LogP contribution in [0.25, 0.3) is 0 Å². The summed E-state index contributed by atoms with van der Waals surface area (Å²) in [5, 5.41) is 8.83. The summed E-state index contributed by atoms with van der Waals surface area (Å²) in [6.07, 6.45) is 1.22. The topological polar surface area (TPSA) is 53.0 Å². The Morgan fingerprint density at radius 1 is 1.44 bits per heavy atom. The zero-order chi connectivity index (χ0) is 11.7. The summed E-state index contributed by atoms with van der Waals surface area (Å²) in [6.45, 7) is 5.58. The van der Waals surface area contributed by atoms with Crippen LogP contribution in [0.5, 0.6) is 0 Å². The minimum Gasteiger partial charge on any atom is -0.398 e. The first-order valence-corrected chi connectivity index (χ1v) is 5.68. The highest BCUT2D eigenvalue weighted by atomic mass is 15.2. The molecular weight excluding hydrogens is 198 g/mol. The molecule has 0 saturated carbocycles. The van der Waals surface area contributed by atoms with E-state index in [4.69, 9.17) is 11.0 Å². The maximum absolute atomic E-state index is 8.83. The van der Waals surface area contributed by atoms with E-state index in [0.29, 0.717) is 17.3 Å². The van der Waals surface area contributed by atoms with Gasteiger partial charge in [-0.2, -0.15) is 5.26 Å². The number of nitrogens with zero attached hydrogens (tertiary/aromatic N) is 2. The second-order valence-electron chi connectivity index (χ2n) is 4.73. The molecule has 3 heteroatoms. The Morgan fingerprint density at radius 2 is 2.19 bits per heavy atom. The molecule has 84 valence electrons. The van der Waals surface area contributed by atoms with Gasteiger partial charge in [0.1, 0.15) is 6.07 Å². The van der Waals surface area contributed by atoms with Crippen LogP contribution in [-0.4, -0.2) is 12.6 Å². The van der Waals surface area contributed by atoms with Gasteiger partial charge >= 0.3 is 0 Å². The van der Waals surface area contributed by atoms with Gasteiger partial charge < -0.3 is 10.6 Å². The molecule has 1 saturated heterocycles. The smallest absolute Gasteiger partial charge is 0.101 e. The van der Waals surface area contributed by atoms with Crippen LogP contribution in [0.1, 0.15) is 25.8 Å². The first kappa shape index (κ1) is 10.8. The fourth-order valence-corrected chi connectivity index (χ4v) is 2.49. The fraction of sp³-hybridized carbons (Fsp3) is 0.462. The van der Waals surface area contributed by atoms with Crippen molar-refractivity contribution in [2.75, 3.05) is 17.2 Å². The normalized spacial score (nSPS) is 24.4. The molecule has 0 radical (unpaired) electrons. The molecule has 3 nitrogen and oxygen atoms in total.